The van der Waals surface area contributed by atoms with Gasteiger partial charge in [-0.2, -0.15) is 5.10 Å². The van der Waals surface area contributed by atoms with E-state index in [9.17, 15) is 4.79 Å². The van der Waals surface area contributed by atoms with Gasteiger partial charge in [0, 0.05) is 22.6 Å². The number of nitrogen functional groups attached to an aromatic ring is 1. The van der Waals surface area contributed by atoms with E-state index in [0.29, 0.717) is 11.3 Å². The summed E-state index contributed by atoms with van der Waals surface area (Å²) in [7, 11) is 0. The van der Waals surface area contributed by atoms with Crippen molar-refractivity contribution in [3.63, 3.8) is 0 Å². The molecule has 0 aliphatic rings. The number of carbonyl (C=O) groups excluding carboxylic acids is 1. The van der Waals surface area contributed by atoms with E-state index in [2.05, 4.69) is 15.8 Å². The quantitative estimate of drug-likeness (QED) is 0.378. The Morgan fingerprint density at radius 2 is 1.48 bits per heavy atom. The van der Waals surface area contributed by atoms with Crippen molar-refractivity contribution in [2.24, 2.45) is 5.10 Å². The van der Waals surface area contributed by atoms with Crippen LogP contribution in [0.1, 0.15) is 15.9 Å². The molecule has 0 aromatic heterocycles. The molecule has 0 unspecified atom stereocenters. The first-order valence-corrected chi connectivity index (χ1v) is 7.82. The van der Waals surface area contributed by atoms with E-state index in [-0.39, 0.29) is 5.91 Å². The molecule has 0 radical (unpaired) electrons. The van der Waals surface area contributed by atoms with Crippen LogP contribution in [0, 0.1) is 0 Å². The second-order valence-electron chi connectivity index (χ2n) is 5.43. The van der Waals surface area contributed by atoms with Crippen molar-refractivity contribution in [3.8, 4) is 0 Å². The van der Waals surface area contributed by atoms with Crippen LogP contribution in [-0.2, 0) is 0 Å². The fourth-order valence-corrected chi connectivity index (χ4v) is 2.21. The van der Waals surface area contributed by atoms with Crippen LogP contribution in [0.2, 0.25) is 0 Å². The number of nitrogens with zero attached hydrogens (tertiary/aromatic N) is 1. The Bertz CT molecular complexity index is 856. The molecular formula is C20H18N4O. The molecule has 5 nitrogen and oxygen atoms in total. The van der Waals surface area contributed by atoms with Gasteiger partial charge in [0.15, 0.2) is 0 Å². The van der Waals surface area contributed by atoms with E-state index < -0.39 is 0 Å². The molecule has 0 saturated carbocycles. The fourth-order valence-electron chi connectivity index (χ4n) is 2.21. The molecule has 0 spiro atoms. The van der Waals surface area contributed by atoms with E-state index in [1.807, 2.05) is 54.6 Å². The van der Waals surface area contributed by atoms with E-state index >= 15 is 0 Å². The van der Waals surface area contributed by atoms with Crippen LogP contribution < -0.4 is 16.5 Å². The van der Waals surface area contributed by atoms with Gasteiger partial charge in [-0.25, -0.2) is 5.43 Å². The number of benzene rings is 3. The minimum Gasteiger partial charge on any atom is -0.399 e. The number of hydrazone groups is 1. The van der Waals surface area contributed by atoms with Crippen LogP contribution in [-0.4, -0.2) is 12.1 Å². The normalized spacial score (nSPS) is 10.6. The summed E-state index contributed by atoms with van der Waals surface area (Å²) in [6.07, 6.45) is 1.60. The lowest BCUT2D eigenvalue weighted by atomic mass is 10.2. The largest absolute Gasteiger partial charge is 0.399 e. The summed E-state index contributed by atoms with van der Waals surface area (Å²) in [6.45, 7) is 0. The van der Waals surface area contributed by atoms with E-state index in [1.54, 1.807) is 30.5 Å². The monoisotopic (exact) mass is 330 g/mol. The second kappa shape index (κ2) is 7.79. The Labute approximate surface area is 146 Å². The fraction of sp³-hybridized carbons (Fsp3) is 0. The predicted molar refractivity (Wildman–Crippen MR) is 102 cm³/mol. The third kappa shape index (κ3) is 4.68. The highest BCUT2D eigenvalue weighted by atomic mass is 16.2. The summed E-state index contributed by atoms with van der Waals surface area (Å²) in [4.78, 5) is 11.9. The molecule has 3 aromatic rings. The lowest BCUT2D eigenvalue weighted by Crippen LogP contribution is -2.17. The van der Waals surface area contributed by atoms with Crippen molar-refractivity contribution in [1.29, 1.82) is 0 Å². The maximum absolute atomic E-state index is 11.9. The summed E-state index contributed by atoms with van der Waals surface area (Å²) in [5, 5.41) is 7.28. The zero-order valence-corrected chi connectivity index (χ0v) is 13.5. The van der Waals surface area contributed by atoms with Crippen molar-refractivity contribution in [3.05, 3.63) is 90.0 Å². The molecule has 0 aliphatic heterocycles. The van der Waals surface area contributed by atoms with E-state index in [0.717, 1.165) is 16.9 Å². The average molecular weight is 330 g/mol. The number of para-hydroxylation sites is 1. The summed E-state index contributed by atoms with van der Waals surface area (Å²) < 4.78 is 0. The highest BCUT2D eigenvalue weighted by Crippen LogP contribution is 2.16. The Kier molecular flexibility index (Phi) is 5.07. The molecule has 0 fully saturated rings. The topological polar surface area (TPSA) is 79.5 Å². The first-order chi connectivity index (χ1) is 12.2. The third-order valence-corrected chi connectivity index (χ3v) is 3.53. The van der Waals surface area contributed by atoms with Gasteiger partial charge < -0.3 is 11.1 Å². The molecule has 4 N–H and O–H groups in total. The van der Waals surface area contributed by atoms with Gasteiger partial charge in [-0.3, -0.25) is 4.79 Å². The van der Waals surface area contributed by atoms with Gasteiger partial charge in [-0.05, 0) is 54.1 Å². The highest BCUT2D eigenvalue weighted by Gasteiger charge is 2.02. The van der Waals surface area contributed by atoms with Crippen LogP contribution in [0.25, 0.3) is 0 Å². The van der Waals surface area contributed by atoms with E-state index in [4.69, 9.17) is 5.73 Å². The Hall–Kier alpha value is -3.60. The van der Waals surface area contributed by atoms with Crippen molar-refractivity contribution in [1.82, 2.24) is 5.43 Å². The average Bonchev–Trinajstić information content (AvgIpc) is 2.64. The summed E-state index contributed by atoms with van der Waals surface area (Å²) in [5.74, 6) is -0.279. The van der Waals surface area contributed by atoms with Gasteiger partial charge in [0.1, 0.15) is 0 Å². The number of amides is 1. The first-order valence-electron chi connectivity index (χ1n) is 7.82. The van der Waals surface area contributed by atoms with Crippen LogP contribution in [0.15, 0.2) is 84.0 Å². The molecule has 0 atom stereocenters. The van der Waals surface area contributed by atoms with Crippen molar-refractivity contribution in [2.75, 3.05) is 11.1 Å². The molecule has 0 bridgehead atoms. The zero-order valence-electron chi connectivity index (χ0n) is 13.5. The second-order valence-corrected chi connectivity index (χ2v) is 5.43. The first kappa shape index (κ1) is 16.3. The number of hydrogen-bond donors (Lipinski definition) is 3. The van der Waals surface area contributed by atoms with Gasteiger partial charge in [0.05, 0.1) is 6.21 Å². The van der Waals surface area contributed by atoms with Gasteiger partial charge in [0.25, 0.3) is 5.91 Å². The van der Waals surface area contributed by atoms with Gasteiger partial charge in [-0.1, -0.05) is 30.3 Å². The van der Waals surface area contributed by atoms with Gasteiger partial charge in [0.2, 0.25) is 0 Å². The zero-order chi connectivity index (χ0) is 17.5. The number of anilines is 3. The van der Waals surface area contributed by atoms with Crippen molar-refractivity contribution < 1.29 is 4.79 Å². The summed E-state index contributed by atoms with van der Waals surface area (Å²) >= 11 is 0. The number of nitrogens with two attached hydrogens (primary N) is 1. The van der Waals surface area contributed by atoms with Crippen LogP contribution >= 0.6 is 0 Å². The van der Waals surface area contributed by atoms with Gasteiger partial charge in [-0.15, -0.1) is 0 Å². The van der Waals surface area contributed by atoms with Crippen LogP contribution in [0.4, 0.5) is 17.1 Å². The molecule has 0 aliphatic carbocycles. The molecule has 25 heavy (non-hydrogen) atoms. The maximum atomic E-state index is 11.9. The lowest BCUT2D eigenvalue weighted by molar-refractivity contribution is 0.0955. The summed E-state index contributed by atoms with van der Waals surface area (Å²) in [6, 6.07) is 24.4. The molecule has 1 amide bonds. The predicted octanol–water partition coefficient (Wildman–Crippen LogP) is 3.78. The standard InChI is InChI=1S/C20H18N4O/c21-17-10-8-16(9-11-17)20(25)24-22-14-15-6-12-19(13-7-15)23-18-4-2-1-3-5-18/h1-14,23H,21H2,(H,24,25). The molecule has 3 aromatic carbocycles. The maximum Gasteiger partial charge on any atom is 0.271 e. The third-order valence-electron chi connectivity index (χ3n) is 3.53. The Morgan fingerprint density at radius 1 is 0.840 bits per heavy atom. The minimum absolute atomic E-state index is 0.279. The molecule has 124 valence electrons. The Balaban J connectivity index is 1.56. The molecule has 0 heterocycles. The van der Waals surface area contributed by atoms with Crippen LogP contribution in [0.5, 0.6) is 0 Å². The minimum atomic E-state index is -0.279. The van der Waals surface area contributed by atoms with E-state index in [1.165, 1.54) is 0 Å². The Morgan fingerprint density at radius 3 is 2.16 bits per heavy atom. The number of rotatable bonds is 5. The number of nitrogens with one attached hydrogen (secondary N) is 2. The number of hydrogen-bond acceptors (Lipinski definition) is 4. The molecular weight excluding hydrogens is 312 g/mol. The lowest BCUT2D eigenvalue weighted by Gasteiger charge is -2.06. The van der Waals surface area contributed by atoms with Gasteiger partial charge >= 0.3 is 0 Å². The summed E-state index contributed by atoms with van der Waals surface area (Å²) in [5.41, 5.74) is 12.1. The van der Waals surface area contributed by atoms with Crippen molar-refractivity contribution in [2.45, 2.75) is 0 Å². The number of carbonyl (C=O) groups is 1. The SMILES string of the molecule is Nc1ccc(C(=O)NN=Cc2ccc(Nc3ccccc3)cc2)cc1. The van der Waals surface area contributed by atoms with Crippen LogP contribution in [0.3, 0.4) is 0 Å². The smallest absolute Gasteiger partial charge is 0.271 e. The molecule has 0 saturated heterocycles. The van der Waals surface area contributed by atoms with Crippen molar-refractivity contribution >= 4 is 29.2 Å². The molecule has 5 heteroatoms. The molecule has 3 rings (SSSR count). The highest BCUT2D eigenvalue weighted by molar-refractivity contribution is 5.95.